The number of aromatic nitrogens is 3. The zero-order valence-electron chi connectivity index (χ0n) is 13.8. The van der Waals surface area contributed by atoms with Crippen LogP contribution in [0.15, 0.2) is 16.4 Å². The Morgan fingerprint density at radius 1 is 1.48 bits per heavy atom. The Kier molecular flexibility index (Phi) is 4.39. The summed E-state index contributed by atoms with van der Waals surface area (Å²) in [6.45, 7) is 2.25. The van der Waals surface area contributed by atoms with Crippen molar-refractivity contribution in [1.82, 2.24) is 15.0 Å². The molecule has 3 aromatic rings. The van der Waals surface area contributed by atoms with Gasteiger partial charge in [0.25, 0.3) is 5.56 Å². The summed E-state index contributed by atoms with van der Waals surface area (Å²) in [6.07, 6.45) is 5.42. The molecule has 0 radical (unpaired) electrons. The number of rotatable bonds is 4. The van der Waals surface area contributed by atoms with Crippen LogP contribution in [0.5, 0.6) is 0 Å². The van der Waals surface area contributed by atoms with E-state index in [2.05, 4.69) is 27.2 Å². The number of H-pyrrole nitrogens is 1. The van der Waals surface area contributed by atoms with Crippen LogP contribution in [0.1, 0.15) is 36.0 Å². The quantitative estimate of drug-likeness (QED) is 0.734. The van der Waals surface area contributed by atoms with E-state index in [9.17, 15) is 9.59 Å². The summed E-state index contributed by atoms with van der Waals surface area (Å²) < 4.78 is 0. The number of carbonyl (C=O) groups excluding carboxylic acids is 1. The molecule has 0 saturated heterocycles. The molecule has 1 unspecified atom stereocenters. The minimum Gasteiger partial charge on any atom is -0.310 e. The third kappa shape index (κ3) is 3.36. The molecule has 4 rings (SSSR count). The number of nitrogens with zero attached hydrogens (tertiary/aromatic N) is 2. The second kappa shape index (κ2) is 6.68. The third-order valence-corrected chi connectivity index (χ3v) is 6.32. The second-order valence-electron chi connectivity index (χ2n) is 6.43. The normalized spacial score (nSPS) is 16.8. The van der Waals surface area contributed by atoms with Gasteiger partial charge in [-0.1, -0.05) is 6.92 Å². The van der Waals surface area contributed by atoms with Crippen LogP contribution in [0.2, 0.25) is 0 Å². The highest BCUT2D eigenvalue weighted by atomic mass is 32.1. The Labute approximate surface area is 152 Å². The predicted molar refractivity (Wildman–Crippen MR) is 100 cm³/mol. The van der Waals surface area contributed by atoms with Crippen molar-refractivity contribution in [3.8, 4) is 0 Å². The van der Waals surface area contributed by atoms with E-state index < -0.39 is 0 Å². The highest BCUT2D eigenvalue weighted by Crippen LogP contribution is 2.35. The summed E-state index contributed by atoms with van der Waals surface area (Å²) in [4.78, 5) is 38.1. The van der Waals surface area contributed by atoms with E-state index in [1.807, 2.05) is 5.38 Å². The maximum Gasteiger partial charge on any atom is 0.259 e. The van der Waals surface area contributed by atoms with Gasteiger partial charge >= 0.3 is 0 Å². The van der Waals surface area contributed by atoms with Crippen LogP contribution < -0.4 is 10.9 Å². The Balaban J connectivity index is 1.53. The van der Waals surface area contributed by atoms with Gasteiger partial charge in [0.15, 0.2) is 5.13 Å². The Hall–Kier alpha value is -2.06. The number of carbonyl (C=O) groups is 1. The van der Waals surface area contributed by atoms with Crippen LogP contribution in [0.3, 0.4) is 0 Å². The molecule has 130 valence electrons. The molecule has 0 fully saturated rings. The maximum atomic E-state index is 12.5. The van der Waals surface area contributed by atoms with Gasteiger partial charge in [-0.05, 0) is 30.7 Å². The third-order valence-electron chi connectivity index (χ3n) is 4.48. The lowest BCUT2D eigenvalue weighted by atomic mass is 9.89. The monoisotopic (exact) mass is 374 g/mol. The fourth-order valence-electron chi connectivity index (χ4n) is 3.21. The molecule has 3 heterocycles. The van der Waals surface area contributed by atoms with Crippen molar-refractivity contribution in [3.63, 3.8) is 0 Å². The number of nitrogens with one attached hydrogen (secondary N) is 2. The Bertz CT molecular complexity index is 975. The van der Waals surface area contributed by atoms with Gasteiger partial charge in [0.2, 0.25) is 5.91 Å². The number of aryl methyl sites for hydroxylation is 2. The van der Waals surface area contributed by atoms with E-state index >= 15 is 0 Å². The number of aromatic amines is 1. The molecule has 0 saturated carbocycles. The zero-order chi connectivity index (χ0) is 17.4. The molecule has 1 amide bonds. The van der Waals surface area contributed by atoms with E-state index in [0.717, 1.165) is 29.5 Å². The summed E-state index contributed by atoms with van der Waals surface area (Å²) in [6, 6.07) is 0. The molecule has 1 atom stereocenters. The van der Waals surface area contributed by atoms with Gasteiger partial charge in [0, 0.05) is 29.3 Å². The summed E-state index contributed by atoms with van der Waals surface area (Å²) in [5, 5.41) is 5.89. The number of thiophene rings is 1. The van der Waals surface area contributed by atoms with E-state index in [1.165, 1.54) is 21.8 Å². The van der Waals surface area contributed by atoms with E-state index in [0.29, 0.717) is 23.3 Å². The van der Waals surface area contributed by atoms with Crippen molar-refractivity contribution in [2.75, 3.05) is 5.32 Å². The Morgan fingerprint density at radius 2 is 2.36 bits per heavy atom. The van der Waals surface area contributed by atoms with Crippen molar-refractivity contribution in [2.45, 2.75) is 39.0 Å². The lowest BCUT2D eigenvalue weighted by Crippen LogP contribution is -2.17. The van der Waals surface area contributed by atoms with E-state index in [4.69, 9.17) is 0 Å². The largest absolute Gasteiger partial charge is 0.310 e. The molecule has 25 heavy (non-hydrogen) atoms. The maximum absolute atomic E-state index is 12.5. The van der Waals surface area contributed by atoms with Crippen molar-refractivity contribution in [3.05, 3.63) is 38.2 Å². The van der Waals surface area contributed by atoms with Gasteiger partial charge < -0.3 is 10.3 Å². The highest BCUT2D eigenvalue weighted by molar-refractivity contribution is 7.18. The van der Waals surface area contributed by atoms with Crippen molar-refractivity contribution in [2.24, 2.45) is 5.92 Å². The van der Waals surface area contributed by atoms with Gasteiger partial charge in [-0.15, -0.1) is 22.7 Å². The van der Waals surface area contributed by atoms with Gasteiger partial charge in [-0.2, -0.15) is 0 Å². The highest BCUT2D eigenvalue weighted by Gasteiger charge is 2.23. The molecule has 0 spiro atoms. The second-order valence-corrected chi connectivity index (χ2v) is 8.41. The number of amides is 1. The van der Waals surface area contributed by atoms with Crippen LogP contribution in [-0.4, -0.2) is 20.9 Å². The zero-order valence-corrected chi connectivity index (χ0v) is 15.4. The standard InChI is InChI=1S/C17H18N4O2S2/c1-9-2-3-10-11(8-9)25-16-14(10)15(23)19-12(20-16)4-5-13(22)21-17-18-6-7-24-17/h6-7,9H,2-5,8H2,1H3,(H,18,21,22)(H,19,20,23). The molecular formula is C17H18N4O2S2. The van der Waals surface area contributed by atoms with Gasteiger partial charge in [0.05, 0.1) is 5.39 Å². The first-order valence-electron chi connectivity index (χ1n) is 8.33. The fourth-order valence-corrected chi connectivity index (χ4v) is 5.16. The lowest BCUT2D eigenvalue weighted by molar-refractivity contribution is -0.116. The average molecular weight is 374 g/mol. The van der Waals surface area contributed by atoms with Crippen LogP contribution >= 0.6 is 22.7 Å². The molecule has 1 aliphatic rings. The summed E-state index contributed by atoms with van der Waals surface area (Å²) in [5.74, 6) is 1.10. The summed E-state index contributed by atoms with van der Waals surface area (Å²) in [5.41, 5.74) is 1.10. The van der Waals surface area contributed by atoms with Gasteiger partial charge in [0.1, 0.15) is 10.7 Å². The number of anilines is 1. The fraction of sp³-hybridized carbons (Fsp3) is 0.412. The van der Waals surface area contributed by atoms with Crippen LogP contribution in [-0.2, 0) is 24.1 Å². The van der Waals surface area contributed by atoms with Crippen LogP contribution in [0.4, 0.5) is 5.13 Å². The lowest BCUT2D eigenvalue weighted by Gasteiger charge is -2.17. The molecule has 2 N–H and O–H groups in total. The molecule has 0 bridgehead atoms. The van der Waals surface area contributed by atoms with Crippen molar-refractivity contribution < 1.29 is 4.79 Å². The first-order chi connectivity index (χ1) is 12.1. The number of thiazole rings is 1. The van der Waals surface area contributed by atoms with Crippen molar-refractivity contribution >= 4 is 43.9 Å². The molecule has 8 heteroatoms. The molecule has 6 nitrogen and oxygen atoms in total. The van der Waals surface area contributed by atoms with Gasteiger partial charge in [-0.25, -0.2) is 9.97 Å². The number of hydrogen-bond acceptors (Lipinski definition) is 6. The molecule has 0 aliphatic heterocycles. The first-order valence-corrected chi connectivity index (χ1v) is 10.0. The number of hydrogen-bond donors (Lipinski definition) is 2. The molecular weight excluding hydrogens is 356 g/mol. The smallest absolute Gasteiger partial charge is 0.259 e. The molecule has 0 aromatic carbocycles. The number of fused-ring (bicyclic) bond motifs is 3. The van der Waals surface area contributed by atoms with E-state index in [1.54, 1.807) is 17.5 Å². The van der Waals surface area contributed by atoms with Gasteiger partial charge in [-0.3, -0.25) is 9.59 Å². The van der Waals surface area contributed by atoms with E-state index in [-0.39, 0.29) is 17.9 Å². The molecule has 3 aromatic heterocycles. The summed E-state index contributed by atoms with van der Waals surface area (Å²) in [7, 11) is 0. The predicted octanol–water partition coefficient (Wildman–Crippen LogP) is 3.14. The van der Waals surface area contributed by atoms with Crippen molar-refractivity contribution in [1.29, 1.82) is 0 Å². The Morgan fingerprint density at radius 3 is 3.16 bits per heavy atom. The van der Waals surface area contributed by atoms with Crippen LogP contribution in [0, 0.1) is 5.92 Å². The summed E-state index contributed by atoms with van der Waals surface area (Å²) >= 11 is 3.01. The SMILES string of the molecule is CC1CCc2c(sc3nc(CCC(=O)Nc4nccs4)[nH]c(=O)c23)C1. The average Bonchev–Trinajstić information content (AvgIpc) is 3.19. The van der Waals surface area contributed by atoms with Crippen LogP contribution in [0.25, 0.3) is 10.2 Å². The topological polar surface area (TPSA) is 87.7 Å². The minimum atomic E-state index is -0.128. The minimum absolute atomic E-state index is 0.0765. The molecule has 1 aliphatic carbocycles. The first kappa shape index (κ1) is 16.4.